The van der Waals surface area contributed by atoms with Gasteiger partial charge in [-0.25, -0.2) is 4.39 Å². The van der Waals surface area contributed by atoms with E-state index in [-0.39, 0.29) is 25.9 Å². The van der Waals surface area contributed by atoms with E-state index in [4.69, 9.17) is 9.84 Å². The molecule has 20 heavy (non-hydrogen) atoms. The largest absolute Gasteiger partial charge is 0.481 e. The molecule has 0 saturated heterocycles. The van der Waals surface area contributed by atoms with Crippen LogP contribution in [-0.4, -0.2) is 30.3 Å². The summed E-state index contributed by atoms with van der Waals surface area (Å²) < 4.78 is 23.4. The minimum absolute atomic E-state index is 0.0199. The van der Waals surface area contributed by atoms with Gasteiger partial charge in [0.25, 0.3) is 0 Å². The third kappa shape index (κ3) is 5.79. The van der Waals surface area contributed by atoms with Crippen LogP contribution in [-0.2, 0) is 25.7 Å². The minimum atomic E-state index is -0.977. The lowest BCUT2D eigenvalue weighted by Crippen LogP contribution is -2.20. The van der Waals surface area contributed by atoms with E-state index in [0.29, 0.717) is 5.56 Å². The van der Waals surface area contributed by atoms with Crippen LogP contribution in [0.2, 0.25) is 0 Å². The molecule has 1 aromatic rings. The molecular formula is C14H17FO5. The van der Waals surface area contributed by atoms with E-state index in [1.807, 2.05) is 0 Å². The fraction of sp³-hybridized carbons (Fsp3) is 0.429. The fourth-order valence-corrected chi connectivity index (χ4v) is 1.62. The molecule has 0 bridgehead atoms. The molecule has 0 aliphatic rings. The minimum Gasteiger partial charge on any atom is -0.481 e. The maximum Gasteiger partial charge on any atom is 0.308 e. The molecular weight excluding hydrogens is 267 g/mol. The van der Waals surface area contributed by atoms with E-state index < -0.39 is 23.9 Å². The van der Waals surface area contributed by atoms with Crippen LogP contribution in [0.25, 0.3) is 0 Å². The molecule has 0 saturated carbocycles. The van der Waals surface area contributed by atoms with E-state index >= 15 is 0 Å². The van der Waals surface area contributed by atoms with Crippen molar-refractivity contribution in [2.45, 2.75) is 32.0 Å². The first kappa shape index (κ1) is 16.1. The third-order valence-corrected chi connectivity index (χ3v) is 2.73. The number of ether oxygens (including phenoxy) is 2. The number of carbonyl (C=O) groups excluding carboxylic acids is 1. The maximum atomic E-state index is 13.4. The molecule has 0 radical (unpaired) electrons. The first-order valence-electron chi connectivity index (χ1n) is 6.16. The molecule has 0 aromatic heterocycles. The van der Waals surface area contributed by atoms with Gasteiger partial charge in [0, 0.05) is 12.0 Å². The Bertz CT molecular complexity index is 461. The van der Waals surface area contributed by atoms with Crippen molar-refractivity contribution >= 4 is 11.9 Å². The molecule has 110 valence electrons. The lowest BCUT2D eigenvalue weighted by Gasteiger charge is -2.16. The van der Waals surface area contributed by atoms with Crippen LogP contribution in [0.3, 0.4) is 0 Å². The van der Waals surface area contributed by atoms with Crippen LogP contribution < -0.4 is 0 Å². The molecule has 1 unspecified atom stereocenters. The second kappa shape index (κ2) is 8.27. The molecule has 5 nitrogen and oxygen atoms in total. The van der Waals surface area contributed by atoms with E-state index in [2.05, 4.69) is 4.74 Å². The number of carbonyl (C=O) groups is 2. The highest BCUT2D eigenvalue weighted by Gasteiger charge is 2.17. The Kier molecular flexibility index (Phi) is 6.66. The Morgan fingerprint density at radius 1 is 1.35 bits per heavy atom. The van der Waals surface area contributed by atoms with Gasteiger partial charge in [0.15, 0.2) is 0 Å². The van der Waals surface area contributed by atoms with Crippen molar-refractivity contribution in [3.8, 4) is 0 Å². The van der Waals surface area contributed by atoms with Crippen LogP contribution in [0, 0.1) is 5.82 Å². The van der Waals surface area contributed by atoms with Crippen LogP contribution >= 0.6 is 0 Å². The monoisotopic (exact) mass is 284 g/mol. The van der Waals surface area contributed by atoms with Gasteiger partial charge >= 0.3 is 11.9 Å². The van der Waals surface area contributed by atoms with Crippen LogP contribution in [0.4, 0.5) is 4.39 Å². The number of esters is 1. The molecule has 6 heteroatoms. The van der Waals surface area contributed by atoms with Crippen molar-refractivity contribution in [1.82, 2.24) is 0 Å². The van der Waals surface area contributed by atoms with Gasteiger partial charge in [0.1, 0.15) is 5.82 Å². The average molecular weight is 284 g/mol. The smallest absolute Gasteiger partial charge is 0.308 e. The lowest BCUT2D eigenvalue weighted by atomic mass is 10.1. The molecule has 0 aliphatic carbocycles. The summed E-state index contributed by atoms with van der Waals surface area (Å²) >= 11 is 0. The van der Waals surface area contributed by atoms with E-state index in [1.54, 1.807) is 18.2 Å². The van der Waals surface area contributed by atoms with Gasteiger partial charge in [0.2, 0.25) is 0 Å². The molecule has 0 spiro atoms. The van der Waals surface area contributed by atoms with Crippen molar-refractivity contribution in [2.75, 3.05) is 7.11 Å². The van der Waals surface area contributed by atoms with Crippen LogP contribution in [0.5, 0.6) is 0 Å². The number of rotatable bonds is 8. The predicted octanol–water partition coefficient (Wildman–Crippen LogP) is 2.14. The van der Waals surface area contributed by atoms with Gasteiger partial charge in [-0.05, 0) is 12.5 Å². The molecule has 0 fully saturated rings. The first-order valence-corrected chi connectivity index (χ1v) is 6.16. The number of aliphatic carboxylic acids is 1. The number of hydrogen-bond donors (Lipinski definition) is 1. The highest BCUT2D eigenvalue weighted by atomic mass is 19.1. The van der Waals surface area contributed by atoms with Gasteiger partial charge in [-0.15, -0.1) is 0 Å². The summed E-state index contributed by atoms with van der Waals surface area (Å²) in [6, 6.07) is 6.12. The second-order valence-corrected chi connectivity index (χ2v) is 4.24. The third-order valence-electron chi connectivity index (χ3n) is 2.73. The van der Waals surface area contributed by atoms with Gasteiger partial charge in [-0.2, -0.15) is 0 Å². The summed E-state index contributed by atoms with van der Waals surface area (Å²) in [6.45, 7) is -0.0199. The normalized spacial score (nSPS) is 11.9. The van der Waals surface area contributed by atoms with Gasteiger partial charge in [-0.3, -0.25) is 9.59 Å². The fourth-order valence-electron chi connectivity index (χ4n) is 1.62. The molecule has 1 rings (SSSR count). The Morgan fingerprint density at radius 2 is 2.05 bits per heavy atom. The average Bonchev–Trinajstić information content (AvgIpc) is 2.43. The van der Waals surface area contributed by atoms with Crippen LogP contribution in [0.15, 0.2) is 24.3 Å². The van der Waals surface area contributed by atoms with Crippen LogP contribution in [0.1, 0.15) is 24.8 Å². The quantitative estimate of drug-likeness (QED) is 0.740. The van der Waals surface area contributed by atoms with Gasteiger partial charge in [0.05, 0.1) is 26.2 Å². The van der Waals surface area contributed by atoms with Crippen molar-refractivity contribution in [1.29, 1.82) is 0 Å². The number of hydrogen-bond acceptors (Lipinski definition) is 4. The number of benzene rings is 1. The number of carboxylic acid groups (broad SMARTS) is 1. The van der Waals surface area contributed by atoms with Crippen molar-refractivity contribution in [2.24, 2.45) is 0 Å². The predicted molar refractivity (Wildman–Crippen MR) is 68.5 cm³/mol. The molecule has 1 N–H and O–H groups in total. The number of halogens is 1. The summed E-state index contributed by atoms with van der Waals surface area (Å²) in [6.07, 6.45) is -0.631. The van der Waals surface area contributed by atoms with E-state index in [0.717, 1.165) is 0 Å². The Labute approximate surface area is 116 Å². The van der Waals surface area contributed by atoms with Crippen molar-refractivity contribution in [3.63, 3.8) is 0 Å². The topological polar surface area (TPSA) is 72.8 Å². The highest BCUT2D eigenvalue weighted by Crippen LogP contribution is 2.14. The summed E-state index contributed by atoms with van der Waals surface area (Å²) in [5.41, 5.74) is 0.359. The molecule has 1 aromatic carbocycles. The maximum absolute atomic E-state index is 13.4. The Hall–Kier alpha value is -1.95. The van der Waals surface area contributed by atoms with E-state index in [1.165, 1.54) is 13.2 Å². The number of methoxy groups -OCH3 is 1. The van der Waals surface area contributed by atoms with Crippen molar-refractivity contribution in [3.05, 3.63) is 35.6 Å². The van der Waals surface area contributed by atoms with Gasteiger partial charge < -0.3 is 14.6 Å². The molecule has 1 atom stereocenters. The summed E-state index contributed by atoms with van der Waals surface area (Å²) in [5.74, 6) is -1.87. The zero-order valence-corrected chi connectivity index (χ0v) is 11.2. The Morgan fingerprint density at radius 3 is 2.65 bits per heavy atom. The first-order chi connectivity index (χ1) is 9.52. The summed E-state index contributed by atoms with van der Waals surface area (Å²) in [4.78, 5) is 21.8. The Balaban J connectivity index is 2.57. The van der Waals surface area contributed by atoms with Gasteiger partial charge in [-0.1, -0.05) is 18.2 Å². The lowest BCUT2D eigenvalue weighted by molar-refractivity contribution is -0.146. The second-order valence-electron chi connectivity index (χ2n) is 4.24. The summed E-state index contributed by atoms with van der Waals surface area (Å²) in [7, 11) is 1.24. The highest BCUT2D eigenvalue weighted by molar-refractivity contribution is 5.70. The zero-order chi connectivity index (χ0) is 15.0. The molecule has 0 aliphatic heterocycles. The molecule has 0 heterocycles. The molecule has 0 amide bonds. The zero-order valence-electron chi connectivity index (χ0n) is 11.2. The SMILES string of the molecule is COC(=O)CC(CCC(=O)O)OCc1ccccc1F. The van der Waals surface area contributed by atoms with E-state index in [9.17, 15) is 14.0 Å². The standard InChI is InChI=1S/C14H17FO5/c1-19-14(18)8-11(6-7-13(16)17)20-9-10-4-2-3-5-12(10)15/h2-5,11H,6-9H2,1H3,(H,16,17). The van der Waals surface area contributed by atoms with Crippen molar-refractivity contribution < 1.29 is 28.6 Å². The summed E-state index contributed by atoms with van der Waals surface area (Å²) in [5, 5.41) is 8.65. The number of carboxylic acids is 1.